The third-order valence-electron chi connectivity index (χ3n) is 8.75. The quantitative estimate of drug-likeness (QED) is 0.166. The summed E-state index contributed by atoms with van der Waals surface area (Å²) in [5.41, 5.74) is 2.96. The van der Waals surface area contributed by atoms with Gasteiger partial charge in [-0.25, -0.2) is 0 Å². The maximum Gasteiger partial charge on any atom is 0.135 e. The summed E-state index contributed by atoms with van der Waals surface area (Å²) in [7, 11) is 0. The molecule has 2 fully saturated rings. The zero-order valence-electron chi connectivity index (χ0n) is 29.2. The van der Waals surface area contributed by atoms with Crippen molar-refractivity contribution in [1.29, 1.82) is 0 Å². The summed E-state index contributed by atoms with van der Waals surface area (Å²) in [6.07, 6.45) is 5.06. The highest BCUT2D eigenvalue weighted by Gasteiger charge is 2.33. The first-order chi connectivity index (χ1) is 23.9. The second kappa shape index (κ2) is 20.9. The van der Waals surface area contributed by atoms with E-state index in [1.807, 2.05) is 60.7 Å². The summed E-state index contributed by atoms with van der Waals surface area (Å²) < 4.78 is 12.1. The van der Waals surface area contributed by atoms with Crippen molar-refractivity contribution in [3.8, 4) is 11.5 Å². The minimum absolute atomic E-state index is 0.411. The number of likely N-dealkylation sites (tertiary alicyclic amines) is 2. The Labute approximate surface area is 302 Å². The average molecular weight is 730 g/mol. The molecule has 0 radical (unpaired) electrons. The number of carbonyl (C=O) groups is 1. The van der Waals surface area contributed by atoms with E-state index in [-0.39, 0.29) is 0 Å². The lowest BCUT2D eigenvalue weighted by Crippen LogP contribution is -2.42. The van der Waals surface area contributed by atoms with E-state index in [0.29, 0.717) is 5.78 Å². The number of hydrogen-bond donors (Lipinski definition) is 1. The molecule has 7 heteroatoms. The number of rotatable bonds is 11. The largest absolute Gasteiger partial charge is 0.494 e. The molecule has 49 heavy (non-hydrogen) atoms. The molecule has 6 nitrogen and oxygen atoms in total. The fourth-order valence-corrected chi connectivity index (χ4v) is 6.11. The van der Waals surface area contributed by atoms with E-state index in [1.165, 1.54) is 11.1 Å². The molecule has 0 amide bonds. The molecule has 2 heterocycles. The topological polar surface area (TPSA) is 62.2 Å². The Morgan fingerprint density at radius 3 is 1.51 bits per heavy atom. The van der Waals surface area contributed by atoms with Gasteiger partial charge in [0.25, 0.3) is 0 Å². The normalized spacial score (nSPS) is 16.0. The number of carbonyl (C=O) groups excluding carboxylic acids is 1. The van der Waals surface area contributed by atoms with E-state index in [2.05, 4.69) is 88.1 Å². The van der Waals surface area contributed by atoms with Gasteiger partial charge in [0.05, 0.1) is 18.8 Å². The van der Waals surface area contributed by atoms with Crippen LogP contribution in [0.3, 0.4) is 0 Å². The fraction of sp³-hybridized carbons (Fsp3) is 0.405. The van der Waals surface area contributed by atoms with Gasteiger partial charge in [0.15, 0.2) is 0 Å². The van der Waals surface area contributed by atoms with Crippen molar-refractivity contribution in [2.45, 2.75) is 71.1 Å². The van der Waals surface area contributed by atoms with Crippen LogP contribution in [0.2, 0.25) is 0 Å². The summed E-state index contributed by atoms with van der Waals surface area (Å²) in [5, 5.41) is 11.0. The number of Topliss-reactive ketones (excluding diaryl/α,β-unsaturated/α-hetero) is 1. The minimum atomic E-state index is -0.712. The number of halogens is 1. The van der Waals surface area contributed by atoms with Gasteiger partial charge in [0, 0.05) is 56.6 Å². The van der Waals surface area contributed by atoms with E-state index in [0.717, 1.165) is 113 Å². The molecule has 0 unspecified atom stereocenters. The van der Waals surface area contributed by atoms with Crippen molar-refractivity contribution >= 4 is 21.7 Å². The highest BCUT2D eigenvalue weighted by Crippen LogP contribution is 2.34. The summed E-state index contributed by atoms with van der Waals surface area (Å²) >= 11 is 3.36. The molecule has 4 aromatic carbocycles. The molecule has 0 aromatic heterocycles. The summed E-state index contributed by atoms with van der Waals surface area (Å²) in [4.78, 5) is 15.8. The number of nitrogens with zero attached hydrogens (tertiary/aromatic N) is 2. The van der Waals surface area contributed by atoms with Gasteiger partial charge in [0.1, 0.15) is 17.3 Å². The molecule has 0 aliphatic carbocycles. The Balaban J connectivity index is 0.000000183. The van der Waals surface area contributed by atoms with Crippen molar-refractivity contribution in [1.82, 2.24) is 9.80 Å². The SMILES string of the molecule is CCCOc1ccc(Br)cc1.CCCOc1ccc(C2(O)CCN(Cc3ccccc3)CC2)cc1.O=C1CCN(Cc2ccccc2)CC1. The standard InChI is InChI=1S/C21H27NO2.C12H15NO.C9H11BrO/c1-2-16-24-20-10-8-19(9-11-20)21(23)12-14-22(15-13-21)17-18-6-4-3-5-7-18;14-12-6-8-13(9-7-12)10-11-4-2-1-3-5-11;1-2-7-11-9-5-3-8(10)4-6-9/h3-11,23H,2,12-17H2,1H3;1-5H,6-10H2;3-6H,2,7H2,1H3. The molecule has 0 saturated carbocycles. The number of piperidine rings is 2. The van der Waals surface area contributed by atoms with E-state index >= 15 is 0 Å². The van der Waals surface area contributed by atoms with Crippen LogP contribution in [0.5, 0.6) is 11.5 Å². The maximum atomic E-state index is 11.0. The first-order valence-corrected chi connectivity index (χ1v) is 18.5. The van der Waals surface area contributed by atoms with Gasteiger partial charge in [0.2, 0.25) is 0 Å². The average Bonchev–Trinajstić information content (AvgIpc) is 3.14. The van der Waals surface area contributed by atoms with Gasteiger partial charge in [-0.1, -0.05) is 103 Å². The molecule has 262 valence electrons. The molecular formula is C42H53BrN2O4. The lowest BCUT2D eigenvalue weighted by atomic mass is 9.84. The molecule has 6 rings (SSSR count). The zero-order chi connectivity index (χ0) is 34.7. The van der Waals surface area contributed by atoms with Gasteiger partial charge in [-0.15, -0.1) is 0 Å². The summed E-state index contributed by atoms with van der Waals surface area (Å²) in [6, 6.07) is 36.8. The van der Waals surface area contributed by atoms with Crippen LogP contribution in [0.1, 0.15) is 69.1 Å². The Bertz CT molecular complexity index is 1470. The molecule has 2 aliphatic heterocycles. The number of ether oxygens (including phenoxy) is 2. The van der Waals surface area contributed by atoms with Crippen molar-refractivity contribution in [3.63, 3.8) is 0 Å². The first kappa shape index (κ1) is 38.3. The highest BCUT2D eigenvalue weighted by molar-refractivity contribution is 9.10. The van der Waals surface area contributed by atoms with Crippen LogP contribution in [-0.2, 0) is 23.5 Å². The van der Waals surface area contributed by atoms with Gasteiger partial charge in [-0.3, -0.25) is 14.6 Å². The first-order valence-electron chi connectivity index (χ1n) is 17.7. The van der Waals surface area contributed by atoms with Crippen molar-refractivity contribution in [2.24, 2.45) is 0 Å². The molecule has 2 saturated heterocycles. The van der Waals surface area contributed by atoms with Crippen LogP contribution in [0.15, 0.2) is 114 Å². The lowest BCUT2D eigenvalue weighted by molar-refractivity contribution is -0.121. The van der Waals surface area contributed by atoms with Crippen molar-refractivity contribution in [3.05, 3.63) is 130 Å². The number of benzene rings is 4. The second-order valence-corrected chi connectivity index (χ2v) is 13.7. The van der Waals surface area contributed by atoms with Crippen molar-refractivity contribution in [2.75, 3.05) is 39.4 Å². The Hall–Kier alpha value is -3.49. The minimum Gasteiger partial charge on any atom is -0.494 e. The zero-order valence-corrected chi connectivity index (χ0v) is 30.8. The van der Waals surface area contributed by atoms with Gasteiger partial charge in [-0.2, -0.15) is 0 Å². The third kappa shape index (κ3) is 13.7. The predicted octanol–water partition coefficient (Wildman–Crippen LogP) is 9.05. The Morgan fingerprint density at radius 2 is 1.06 bits per heavy atom. The van der Waals surface area contributed by atoms with E-state index in [4.69, 9.17) is 9.47 Å². The predicted molar refractivity (Wildman–Crippen MR) is 203 cm³/mol. The molecular weight excluding hydrogens is 676 g/mol. The number of hydrogen-bond acceptors (Lipinski definition) is 6. The summed E-state index contributed by atoms with van der Waals surface area (Å²) in [6.45, 7) is 11.3. The molecule has 2 aliphatic rings. The van der Waals surface area contributed by atoms with Crippen LogP contribution >= 0.6 is 15.9 Å². The molecule has 1 N–H and O–H groups in total. The van der Waals surface area contributed by atoms with Crippen LogP contribution in [0.25, 0.3) is 0 Å². The van der Waals surface area contributed by atoms with Crippen LogP contribution < -0.4 is 9.47 Å². The van der Waals surface area contributed by atoms with Crippen LogP contribution in [0.4, 0.5) is 0 Å². The Kier molecular flexibility index (Phi) is 16.3. The van der Waals surface area contributed by atoms with Gasteiger partial charge >= 0.3 is 0 Å². The molecule has 4 aromatic rings. The number of ketones is 1. The lowest BCUT2D eigenvalue weighted by Gasteiger charge is -2.38. The van der Waals surface area contributed by atoms with Crippen LogP contribution in [-0.4, -0.2) is 60.1 Å². The van der Waals surface area contributed by atoms with E-state index < -0.39 is 5.60 Å². The summed E-state index contributed by atoms with van der Waals surface area (Å²) in [5.74, 6) is 2.23. The molecule has 0 bridgehead atoms. The third-order valence-corrected chi connectivity index (χ3v) is 9.27. The van der Waals surface area contributed by atoms with Crippen molar-refractivity contribution < 1.29 is 19.4 Å². The monoisotopic (exact) mass is 728 g/mol. The molecule has 0 spiro atoms. The van der Waals surface area contributed by atoms with Gasteiger partial charge < -0.3 is 14.6 Å². The number of aliphatic hydroxyl groups is 1. The van der Waals surface area contributed by atoms with E-state index in [9.17, 15) is 9.90 Å². The second-order valence-electron chi connectivity index (χ2n) is 12.8. The highest BCUT2D eigenvalue weighted by atomic mass is 79.9. The molecule has 0 atom stereocenters. The van der Waals surface area contributed by atoms with E-state index in [1.54, 1.807) is 0 Å². The van der Waals surface area contributed by atoms with Gasteiger partial charge in [-0.05, 0) is 78.8 Å². The van der Waals surface area contributed by atoms with Crippen LogP contribution in [0, 0.1) is 0 Å². The smallest absolute Gasteiger partial charge is 0.135 e. The fourth-order valence-electron chi connectivity index (χ4n) is 5.85. The maximum absolute atomic E-state index is 11.0. The Morgan fingerprint density at radius 1 is 0.633 bits per heavy atom.